The maximum absolute atomic E-state index is 12.3. The standard InChI is InChI=1S/C16H19N3O3/c1-4-22-16-13(7-5-11(2)19-16)15(20)18-10-12-6-8-14(21-3)17-9-12/h5-9H,4,10H2,1-3H3,(H,18,20). The summed E-state index contributed by atoms with van der Waals surface area (Å²) in [6.07, 6.45) is 1.66. The zero-order valence-corrected chi connectivity index (χ0v) is 12.9. The normalized spacial score (nSPS) is 10.1. The highest BCUT2D eigenvalue weighted by Crippen LogP contribution is 2.16. The van der Waals surface area contributed by atoms with E-state index in [-0.39, 0.29) is 5.91 Å². The first-order valence-electron chi connectivity index (χ1n) is 7.01. The molecule has 0 unspecified atom stereocenters. The van der Waals surface area contributed by atoms with Crippen LogP contribution in [0.15, 0.2) is 30.5 Å². The summed E-state index contributed by atoms with van der Waals surface area (Å²) in [5.41, 5.74) is 2.11. The SMILES string of the molecule is CCOc1nc(C)ccc1C(=O)NCc1ccc(OC)nc1. The Morgan fingerprint density at radius 2 is 2.09 bits per heavy atom. The maximum atomic E-state index is 12.3. The highest BCUT2D eigenvalue weighted by atomic mass is 16.5. The van der Waals surface area contributed by atoms with E-state index in [0.29, 0.717) is 30.5 Å². The first-order valence-corrected chi connectivity index (χ1v) is 7.01. The van der Waals surface area contributed by atoms with Crippen LogP contribution in [0, 0.1) is 6.92 Å². The fourth-order valence-corrected chi connectivity index (χ4v) is 1.87. The molecule has 0 saturated heterocycles. The van der Waals surface area contributed by atoms with Crippen LogP contribution in [-0.4, -0.2) is 29.6 Å². The topological polar surface area (TPSA) is 73.3 Å². The molecule has 6 heteroatoms. The fraction of sp³-hybridized carbons (Fsp3) is 0.312. The average molecular weight is 301 g/mol. The van der Waals surface area contributed by atoms with Crippen molar-refractivity contribution in [3.8, 4) is 11.8 Å². The molecule has 0 aromatic carbocycles. The van der Waals surface area contributed by atoms with Gasteiger partial charge in [0.25, 0.3) is 5.91 Å². The van der Waals surface area contributed by atoms with E-state index in [0.717, 1.165) is 11.3 Å². The van der Waals surface area contributed by atoms with Gasteiger partial charge in [0.1, 0.15) is 5.56 Å². The summed E-state index contributed by atoms with van der Waals surface area (Å²) in [5.74, 6) is 0.663. The number of hydrogen-bond acceptors (Lipinski definition) is 5. The number of aromatic nitrogens is 2. The van der Waals surface area contributed by atoms with Gasteiger partial charge in [-0.25, -0.2) is 9.97 Å². The van der Waals surface area contributed by atoms with E-state index in [4.69, 9.17) is 9.47 Å². The number of amides is 1. The summed E-state index contributed by atoms with van der Waals surface area (Å²) >= 11 is 0. The Morgan fingerprint density at radius 3 is 2.73 bits per heavy atom. The van der Waals surface area contributed by atoms with Crippen molar-refractivity contribution in [2.24, 2.45) is 0 Å². The Hall–Kier alpha value is -2.63. The van der Waals surface area contributed by atoms with Crippen LogP contribution in [0.5, 0.6) is 11.8 Å². The predicted molar refractivity (Wildman–Crippen MR) is 82.1 cm³/mol. The summed E-state index contributed by atoms with van der Waals surface area (Å²) in [4.78, 5) is 20.6. The van der Waals surface area contributed by atoms with Crippen molar-refractivity contribution in [3.05, 3.63) is 47.3 Å². The van der Waals surface area contributed by atoms with Gasteiger partial charge in [-0.15, -0.1) is 0 Å². The molecule has 0 radical (unpaired) electrons. The van der Waals surface area contributed by atoms with Crippen LogP contribution in [0.3, 0.4) is 0 Å². The van der Waals surface area contributed by atoms with E-state index in [9.17, 15) is 4.79 Å². The molecule has 0 atom stereocenters. The Labute approximate surface area is 129 Å². The van der Waals surface area contributed by atoms with Crippen LogP contribution in [0.25, 0.3) is 0 Å². The third-order valence-corrected chi connectivity index (χ3v) is 2.98. The number of carbonyl (C=O) groups is 1. The van der Waals surface area contributed by atoms with Gasteiger partial charge in [0, 0.05) is 24.5 Å². The number of pyridine rings is 2. The number of nitrogens with zero attached hydrogens (tertiary/aromatic N) is 2. The monoisotopic (exact) mass is 301 g/mol. The molecule has 0 saturated carbocycles. The third kappa shape index (κ3) is 3.94. The molecule has 2 rings (SSSR count). The Kier molecular flexibility index (Phi) is 5.30. The van der Waals surface area contributed by atoms with Crippen molar-refractivity contribution in [2.45, 2.75) is 20.4 Å². The van der Waals surface area contributed by atoms with Crippen molar-refractivity contribution >= 4 is 5.91 Å². The summed E-state index contributed by atoms with van der Waals surface area (Å²) in [6.45, 7) is 4.54. The molecule has 0 aliphatic heterocycles. The van der Waals surface area contributed by atoms with Crippen LogP contribution in [0.2, 0.25) is 0 Å². The van der Waals surface area contributed by atoms with E-state index in [1.165, 1.54) is 0 Å². The van der Waals surface area contributed by atoms with E-state index in [2.05, 4.69) is 15.3 Å². The maximum Gasteiger partial charge on any atom is 0.257 e. The number of carbonyl (C=O) groups excluding carboxylic acids is 1. The average Bonchev–Trinajstić information content (AvgIpc) is 2.53. The molecule has 0 aliphatic rings. The fourth-order valence-electron chi connectivity index (χ4n) is 1.87. The van der Waals surface area contributed by atoms with Crippen LogP contribution in [0.1, 0.15) is 28.5 Å². The lowest BCUT2D eigenvalue weighted by molar-refractivity contribution is 0.0946. The lowest BCUT2D eigenvalue weighted by Crippen LogP contribution is -2.24. The summed E-state index contributed by atoms with van der Waals surface area (Å²) in [6, 6.07) is 7.10. The number of methoxy groups -OCH3 is 1. The molecule has 0 fully saturated rings. The molecule has 22 heavy (non-hydrogen) atoms. The highest BCUT2D eigenvalue weighted by molar-refractivity contribution is 5.96. The van der Waals surface area contributed by atoms with E-state index >= 15 is 0 Å². The van der Waals surface area contributed by atoms with Gasteiger partial charge in [-0.1, -0.05) is 6.07 Å². The predicted octanol–water partition coefficient (Wildman–Crippen LogP) is 2.12. The minimum Gasteiger partial charge on any atom is -0.481 e. The quantitative estimate of drug-likeness (QED) is 0.884. The number of rotatable bonds is 6. The Bertz CT molecular complexity index is 642. The Balaban J connectivity index is 2.05. The van der Waals surface area contributed by atoms with Gasteiger partial charge in [0.15, 0.2) is 0 Å². The zero-order valence-electron chi connectivity index (χ0n) is 12.9. The molecule has 2 aromatic heterocycles. The Morgan fingerprint density at radius 1 is 1.27 bits per heavy atom. The van der Waals surface area contributed by atoms with E-state index in [1.807, 2.05) is 19.9 Å². The number of hydrogen-bond donors (Lipinski definition) is 1. The third-order valence-electron chi connectivity index (χ3n) is 2.98. The molecular weight excluding hydrogens is 282 g/mol. The summed E-state index contributed by atoms with van der Waals surface area (Å²) in [5, 5.41) is 2.83. The minimum atomic E-state index is -0.230. The molecule has 0 spiro atoms. The second kappa shape index (κ2) is 7.40. The van der Waals surface area contributed by atoms with Gasteiger partial charge >= 0.3 is 0 Å². The van der Waals surface area contributed by atoms with Crippen molar-refractivity contribution in [3.63, 3.8) is 0 Å². The van der Waals surface area contributed by atoms with Crippen molar-refractivity contribution in [1.29, 1.82) is 0 Å². The van der Waals surface area contributed by atoms with Crippen molar-refractivity contribution < 1.29 is 14.3 Å². The van der Waals surface area contributed by atoms with Gasteiger partial charge < -0.3 is 14.8 Å². The lowest BCUT2D eigenvalue weighted by atomic mass is 10.2. The number of aryl methyl sites for hydroxylation is 1. The second-order valence-electron chi connectivity index (χ2n) is 4.63. The van der Waals surface area contributed by atoms with Crippen LogP contribution in [-0.2, 0) is 6.54 Å². The van der Waals surface area contributed by atoms with Gasteiger partial charge in [-0.3, -0.25) is 4.79 Å². The van der Waals surface area contributed by atoms with Gasteiger partial charge in [0.05, 0.1) is 13.7 Å². The molecule has 116 valence electrons. The molecule has 1 amide bonds. The van der Waals surface area contributed by atoms with Crippen molar-refractivity contribution in [2.75, 3.05) is 13.7 Å². The minimum absolute atomic E-state index is 0.230. The largest absolute Gasteiger partial charge is 0.481 e. The lowest BCUT2D eigenvalue weighted by Gasteiger charge is -2.10. The van der Waals surface area contributed by atoms with Crippen molar-refractivity contribution in [1.82, 2.24) is 15.3 Å². The van der Waals surface area contributed by atoms with Gasteiger partial charge in [-0.2, -0.15) is 0 Å². The molecule has 1 N–H and O–H groups in total. The highest BCUT2D eigenvalue weighted by Gasteiger charge is 2.14. The molecule has 2 aromatic rings. The molecule has 0 aliphatic carbocycles. The van der Waals surface area contributed by atoms with Crippen LogP contribution in [0.4, 0.5) is 0 Å². The smallest absolute Gasteiger partial charge is 0.257 e. The van der Waals surface area contributed by atoms with E-state index < -0.39 is 0 Å². The summed E-state index contributed by atoms with van der Waals surface area (Å²) in [7, 11) is 1.56. The summed E-state index contributed by atoms with van der Waals surface area (Å²) < 4.78 is 10.4. The van der Waals surface area contributed by atoms with E-state index in [1.54, 1.807) is 31.5 Å². The first-order chi connectivity index (χ1) is 10.6. The van der Waals surface area contributed by atoms with Crippen LogP contribution >= 0.6 is 0 Å². The number of nitrogens with one attached hydrogen (secondary N) is 1. The molecule has 0 bridgehead atoms. The van der Waals surface area contributed by atoms with Gasteiger partial charge in [-0.05, 0) is 31.5 Å². The molecular formula is C16H19N3O3. The molecule has 2 heterocycles. The first kappa shape index (κ1) is 15.8. The van der Waals surface area contributed by atoms with Crippen LogP contribution < -0.4 is 14.8 Å². The molecule has 6 nitrogen and oxygen atoms in total. The van der Waals surface area contributed by atoms with Gasteiger partial charge in [0.2, 0.25) is 11.8 Å². The number of ether oxygens (including phenoxy) is 2. The second-order valence-corrected chi connectivity index (χ2v) is 4.63. The zero-order chi connectivity index (χ0) is 15.9.